The van der Waals surface area contributed by atoms with Crippen molar-refractivity contribution in [3.8, 4) is 0 Å². The molecule has 7 heteroatoms. The van der Waals surface area contributed by atoms with Crippen LogP contribution in [-0.2, 0) is 4.74 Å². The highest BCUT2D eigenvalue weighted by atomic mass is 19.1. The zero-order valence-electron chi connectivity index (χ0n) is 10.9. The van der Waals surface area contributed by atoms with Gasteiger partial charge < -0.3 is 15.5 Å². The van der Waals surface area contributed by atoms with E-state index in [1.165, 1.54) is 0 Å². The number of halogens is 2. The van der Waals surface area contributed by atoms with Crippen LogP contribution in [-0.4, -0.2) is 25.2 Å². The number of hydrogen-bond acceptors (Lipinski definition) is 4. The molecule has 1 aromatic rings. The number of nitrogens with two attached hydrogens (primary N) is 1. The van der Waals surface area contributed by atoms with Crippen LogP contribution in [0.5, 0.6) is 0 Å². The minimum Gasteiger partial charge on any atom is -0.376 e. The number of amides is 1. The molecule has 0 saturated carbocycles. The van der Waals surface area contributed by atoms with E-state index >= 15 is 0 Å². The van der Waals surface area contributed by atoms with Gasteiger partial charge >= 0.3 is 0 Å². The molecule has 1 amide bonds. The van der Waals surface area contributed by atoms with Crippen molar-refractivity contribution in [1.29, 1.82) is 0 Å². The molecule has 1 aliphatic heterocycles. The third-order valence-electron chi connectivity index (χ3n) is 3.21. The average Bonchev–Trinajstić information content (AvgIpc) is 2.45. The Kier molecular flexibility index (Phi) is 4.86. The summed E-state index contributed by atoms with van der Waals surface area (Å²) < 4.78 is 32.4. The number of carbonyl (C=O) groups excluding carboxylic acids is 1. The van der Waals surface area contributed by atoms with Gasteiger partial charge in [-0.3, -0.25) is 10.6 Å². The van der Waals surface area contributed by atoms with Crippen molar-refractivity contribution in [2.75, 3.05) is 18.6 Å². The molecule has 1 aliphatic rings. The molecule has 1 atom stereocenters. The molecule has 0 bridgehead atoms. The van der Waals surface area contributed by atoms with Gasteiger partial charge in [-0.15, -0.1) is 0 Å². The van der Waals surface area contributed by atoms with Crippen LogP contribution in [0.3, 0.4) is 0 Å². The van der Waals surface area contributed by atoms with Gasteiger partial charge in [-0.05, 0) is 31.4 Å². The van der Waals surface area contributed by atoms with E-state index in [1.807, 2.05) is 5.43 Å². The standard InChI is InChI=1S/C13H17F2N3O2/c14-10-5-8(6-11(15)12(10)18-16)13(19)17-7-9-3-1-2-4-20-9/h5-6,9,18H,1-4,7,16H2,(H,17,19). The summed E-state index contributed by atoms with van der Waals surface area (Å²) in [5, 5.41) is 2.61. The lowest BCUT2D eigenvalue weighted by molar-refractivity contribution is 0.0169. The van der Waals surface area contributed by atoms with E-state index < -0.39 is 23.2 Å². The fourth-order valence-electron chi connectivity index (χ4n) is 2.12. The maximum absolute atomic E-state index is 13.5. The van der Waals surface area contributed by atoms with E-state index in [-0.39, 0.29) is 11.7 Å². The van der Waals surface area contributed by atoms with Crippen molar-refractivity contribution >= 4 is 11.6 Å². The van der Waals surface area contributed by atoms with Gasteiger partial charge in [-0.25, -0.2) is 8.78 Å². The third-order valence-corrected chi connectivity index (χ3v) is 3.21. The van der Waals surface area contributed by atoms with E-state index in [4.69, 9.17) is 10.6 Å². The topological polar surface area (TPSA) is 76.4 Å². The molecular formula is C13H17F2N3O2. The molecule has 1 fully saturated rings. The van der Waals surface area contributed by atoms with Crippen molar-refractivity contribution < 1.29 is 18.3 Å². The summed E-state index contributed by atoms with van der Waals surface area (Å²) in [6.45, 7) is 1.01. The molecular weight excluding hydrogens is 268 g/mol. The first kappa shape index (κ1) is 14.7. The van der Waals surface area contributed by atoms with Crippen LogP contribution >= 0.6 is 0 Å². The van der Waals surface area contributed by atoms with Gasteiger partial charge in [0.2, 0.25) is 0 Å². The summed E-state index contributed by atoms with van der Waals surface area (Å²) >= 11 is 0. The molecule has 1 unspecified atom stereocenters. The molecule has 0 aliphatic carbocycles. The van der Waals surface area contributed by atoms with E-state index in [9.17, 15) is 13.6 Å². The van der Waals surface area contributed by atoms with Gasteiger partial charge in [0.1, 0.15) is 5.69 Å². The Morgan fingerprint density at radius 3 is 2.60 bits per heavy atom. The predicted molar refractivity (Wildman–Crippen MR) is 70.1 cm³/mol. The zero-order valence-corrected chi connectivity index (χ0v) is 10.9. The molecule has 20 heavy (non-hydrogen) atoms. The summed E-state index contributed by atoms with van der Waals surface area (Å²) in [5.74, 6) is 2.62. The second-order valence-electron chi connectivity index (χ2n) is 4.66. The van der Waals surface area contributed by atoms with Gasteiger partial charge in [0.25, 0.3) is 5.91 Å². The Balaban J connectivity index is 1.98. The lowest BCUT2D eigenvalue weighted by Gasteiger charge is -2.22. The fraction of sp³-hybridized carbons (Fsp3) is 0.462. The number of rotatable bonds is 4. The Morgan fingerprint density at radius 1 is 1.35 bits per heavy atom. The largest absolute Gasteiger partial charge is 0.376 e. The van der Waals surface area contributed by atoms with Crippen LogP contribution in [0.2, 0.25) is 0 Å². The van der Waals surface area contributed by atoms with E-state index in [1.54, 1.807) is 0 Å². The lowest BCUT2D eigenvalue weighted by Crippen LogP contribution is -2.35. The maximum atomic E-state index is 13.5. The number of benzene rings is 1. The molecule has 0 aromatic heterocycles. The molecule has 5 nitrogen and oxygen atoms in total. The van der Waals surface area contributed by atoms with Crippen LogP contribution in [0, 0.1) is 11.6 Å². The minimum absolute atomic E-state index is 0.0348. The highest BCUT2D eigenvalue weighted by Crippen LogP contribution is 2.19. The van der Waals surface area contributed by atoms with Gasteiger partial charge in [0, 0.05) is 18.7 Å². The van der Waals surface area contributed by atoms with Crippen molar-refractivity contribution in [1.82, 2.24) is 5.32 Å². The molecule has 2 rings (SSSR count). The summed E-state index contributed by atoms with van der Waals surface area (Å²) in [6.07, 6.45) is 2.92. The number of hydrogen-bond donors (Lipinski definition) is 3. The van der Waals surface area contributed by atoms with E-state index in [0.29, 0.717) is 13.2 Å². The smallest absolute Gasteiger partial charge is 0.251 e. The second kappa shape index (κ2) is 6.62. The molecule has 1 aromatic carbocycles. The highest BCUT2D eigenvalue weighted by molar-refractivity contribution is 5.94. The summed E-state index contributed by atoms with van der Waals surface area (Å²) in [6, 6.07) is 1.88. The Morgan fingerprint density at radius 2 is 2.05 bits per heavy atom. The van der Waals surface area contributed by atoms with Gasteiger partial charge in [0.15, 0.2) is 11.6 Å². The molecule has 110 valence electrons. The lowest BCUT2D eigenvalue weighted by atomic mass is 10.1. The molecule has 4 N–H and O–H groups in total. The van der Waals surface area contributed by atoms with Gasteiger partial charge in [-0.1, -0.05) is 0 Å². The van der Waals surface area contributed by atoms with Crippen LogP contribution in [0.25, 0.3) is 0 Å². The minimum atomic E-state index is -0.911. The Hall–Kier alpha value is -1.73. The number of nitrogens with one attached hydrogen (secondary N) is 2. The summed E-state index contributed by atoms with van der Waals surface area (Å²) in [5.41, 5.74) is 1.36. The Bertz CT molecular complexity index is 467. The van der Waals surface area contributed by atoms with Crippen LogP contribution in [0.15, 0.2) is 12.1 Å². The second-order valence-corrected chi connectivity index (χ2v) is 4.66. The number of carbonyl (C=O) groups is 1. The van der Waals surface area contributed by atoms with E-state index in [2.05, 4.69) is 5.32 Å². The SMILES string of the molecule is NNc1c(F)cc(C(=O)NCC2CCCCO2)cc1F. The summed E-state index contributed by atoms with van der Waals surface area (Å²) in [7, 11) is 0. The zero-order chi connectivity index (χ0) is 14.5. The molecule has 0 spiro atoms. The highest BCUT2D eigenvalue weighted by Gasteiger charge is 2.17. The van der Waals surface area contributed by atoms with Crippen molar-refractivity contribution in [3.63, 3.8) is 0 Å². The number of anilines is 1. The number of ether oxygens (including phenoxy) is 1. The monoisotopic (exact) mass is 285 g/mol. The molecule has 1 heterocycles. The molecule has 0 radical (unpaired) electrons. The van der Waals surface area contributed by atoms with Crippen LogP contribution in [0.4, 0.5) is 14.5 Å². The Labute approximate surface area is 115 Å². The van der Waals surface area contributed by atoms with Crippen molar-refractivity contribution in [2.24, 2.45) is 5.84 Å². The maximum Gasteiger partial charge on any atom is 0.251 e. The normalized spacial score (nSPS) is 18.6. The van der Waals surface area contributed by atoms with Crippen molar-refractivity contribution in [3.05, 3.63) is 29.3 Å². The van der Waals surface area contributed by atoms with Gasteiger partial charge in [0.05, 0.1) is 6.10 Å². The van der Waals surface area contributed by atoms with Gasteiger partial charge in [-0.2, -0.15) is 0 Å². The van der Waals surface area contributed by atoms with E-state index in [0.717, 1.165) is 31.4 Å². The summed E-state index contributed by atoms with van der Waals surface area (Å²) in [4.78, 5) is 11.8. The fourth-order valence-corrected chi connectivity index (χ4v) is 2.12. The first-order chi connectivity index (χ1) is 9.61. The number of hydrazine groups is 1. The molecule has 1 saturated heterocycles. The number of nitrogen functional groups attached to an aromatic ring is 1. The average molecular weight is 285 g/mol. The third kappa shape index (κ3) is 3.43. The van der Waals surface area contributed by atoms with Crippen LogP contribution < -0.4 is 16.6 Å². The quantitative estimate of drug-likeness (QED) is 0.579. The first-order valence-electron chi connectivity index (χ1n) is 6.47. The first-order valence-corrected chi connectivity index (χ1v) is 6.47. The van der Waals surface area contributed by atoms with Crippen molar-refractivity contribution in [2.45, 2.75) is 25.4 Å². The predicted octanol–water partition coefficient (Wildman–Crippen LogP) is 1.55. The van der Waals surface area contributed by atoms with Crippen LogP contribution in [0.1, 0.15) is 29.6 Å².